The number of phenolic OH excluding ortho intramolecular Hbond substituents is 2. The normalized spacial score (nSPS) is 12.0. The summed E-state index contributed by atoms with van der Waals surface area (Å²) in [6.07, 6.45) is -3.10. The van der Waals surface area contributed by atoms with Gasteiger partial charge in [-0.1, -0.05) is 54.6 Å². The average molecular weight is 673 g/mol. The van der Waals surface area contributed by atoms with E-state index in [1.807, 2.05) is 30.3 Å². The molecular formula is C37H36O12. The van der Waals surface area contributed by atoms with Crippen LogP contribution in [0.15, 0.2) is 78.9 Å². The Hall–Kier alpha value is -5.72. The molecule has 0 bridgehead atoms. The van der Waals surface area contributed by atoms with Crippen LogP contribution in [0.3, 0.4) is 0 Å². The molecule has 0 aromatic heterocycles. The van der Waals surface area contributed by atoms with E-state index in [-0.39, 0.29) is 46.6 Å². The highest BCUT2D eigenvalue weighted by Crippen LogP contribution is 2.57. The quantitative estimate of drug-likeness (QED) is 0.107. The highest BCUT2D eigenvalue weighted by atomic mass is 16.6. The molecule has 0 aliphatic carbocycles. The molecule has 0 saturated heterocycles. The van der Waals surface area contributed by atoms with E-state index in [1.165, 1.54) is 62.4 Å². The number of carbonyl (C=O) groups is 4. The molecule has 4 aromatic carbocycles. The number of aliphatic hydroxyl groups is 2. The first-order chi connectivity index (χ1) is 23.3. The van der Waals surface area contributed by atoms with Crippen molar-refractivity contribution >= 4 is 23.9 Å². The standard InChI is InChI=1S/C37H36O12/c1-21(38)19-30(44)48-35-33(26-12-16-28(42)17-13-26)36(47-29(43)18-9-24-7-5-4-6-8-24)37(49-31(45)20-22(2)39)32(34(35)46-23(3)40)25-10-14-27(41)15-11-25/h4-8,10-17,21-22,38-39,41-42H,9,18-20H2,1-3H3/t21-,22-/m1/s1. The van der Waals surface area contributed by atoms with Gasteiger partial charge in [0, 0.05) is 13.3 Å². The van der Waals surface area contributed by atoms with Crippen LogP contribution in [0, 0.1) is 0 Å². The van der Waals surface area contributed by atoms with E-state index in [4.69, 9.17) is 18.9 Å². The van der Waals surface area contributed by atoms with Crippen LogP contribution in [0.25, 0.3) is 22.3 Å². The summed E-state index contributed by atoms with van der Waals surface area (Å²) < 4.78 is 23.2. The molecule has 0 amide bonds. The minimum atomic E-state index is -1.13. The van der Waals surface area contributed by atoms with Crippen molar-refractivity contribution in [3.8, 4) is 56.8 Å². The Bertz CT molecular complexity index is 1790. The summed E-state index contributed by atoms with van der Waals surface area (Å²) >= 11 is 0. The van der Waals surface area contributed by atoms with Gasteiger partial charge in [-0.15, -0.1) is 0 Å². The molecule has 0 saturated carbocycles. The topological polar surface area (TPSA) is 186 Å². The predicted molar refractivity (Wildman–Crippen MR) is 176 cm³/mol. The summed E-state index contributed by atoms with van der Waals surface area (Å²) in [6, 6.07) is 19.9. The van der Waals surface area contributed by atoms with Gasteiger partial charge in [-0.3, -0.25) is 19.2 Å². The molecule has 12 heteroatoms. The highest BCUT2D eigenvalue weighted by molar-refractivity contribution is 5.98. The summed E-state index contributed by atoms with van der Waals surface area (Å²) in [5.74, 6) is -5.56. The van der Waals surface area contributed by atoms with Gasteiger partial charge in [0.2, 0.25) is 0 Å². The van der Waals surface area contributed by atoms with Gasteiger partial charge >= 0.3 is 23.9 Å². The maximum Gasteiger partial charge on any atom is 0.313 e. The Morgan fingerprint density at radius 2 is 0.959 bits per heavy atom. The number of rotatable bonds is 13. The highest BCUT2D eigenvalue weighted by Gasteiger charge is 2.35. The van der Waals surface area contributed by atoms with E-state index in [2.05, 4.69) is 0 Å². The number of carbonyl (C=O) groups excluding carboxylic acids is 4. The van der Waals surface area contributed by atoms with Crippen molar-refractivity contribution in [3.05, 3.63) is 84.4 Å². The molecule has 2 atom stereocenters. The van der Waals surface area contributed by atoms with E-state index in [1.54, 1.807) is 0 Å². The number of hydrogen-bond acceptors (Lipinski definition) is 12. The molecule has 4 rings (SSSR count). The Morgan fingerprint density at radius 3 is 1.35 bits per heavy atom. The van der Waals surface area contributed by atoms with E-state index in [0.29, 0.717) is 0 Å². The lowest BCUT2D eigenvalue weighted by Crippen LogP contribution is -2.20. The second kappa shape index (κ2) is 16.4. The van der Waals surface area contributed by atoms with Crippen LogP contribution >= 0.6 is 0 Å². The van der Waals surface area contributed by atoms with Crippen molar-refractivity contribution in [1.29, 1.82) is 0 Å². The lowest BCUT2D eigenvalue weighted by atomic mass is 9.94. The van der Waals surface area contributed by atoms with Crippen LogP contribution in [0.1, 0.15) is 45.6 Å². The second-order valence-corrected chi connectivity index (χ2v) is 11.3. The molecular weight excluding hydrogens is 636 g/mol. The fourth-order valence-electron chi connectivity index (χ4n) is 4.82. The first kappa shape index (κ1) is 36.1. The summed E-state index contributed by atoms with van der Waals surface area (Å²) in [5.41, 5.74) is 0.820. The van der Waals surface area contributed by atoms with Gasteiger partial charge in [-0.25, -0.2) is 0 Å². The zero-order valence-electron chi connectivity index (χ0n) is 27.0. The van der Waals surface area contributed by atoms with Crippen LogP contribution in [-0.4, -0.2) is 56.5 Å². The Kier molecular flexibility index (Phi) is 12.1. The number of benzene rings is 4. The zero-order chi connectivity index (χ0) is 35.7. The molecule has 49 heavy (non-hydrogen) atoms. The molecule has 12 nitrogen and oxygen atoms in total. The van der Waals surface area contributed by atoms with Crippen molar-refractivity contribution in [1.82, 2.24) is 0 Å². The molecule has 256 valence electrons. The summed E-state index contributed by atoms with van der Waals surface area (Å²) in [5, 5.41) is 40.0. The fourth-order valence-corrected chi connectivity index (χ4v) is 4.82. The third-order valence-corrected chi connectivity index (χ3v) is 6.91. The van der Waals surface area contributed by atoms with Gasteiger partial charge in [-0.05, 0) is 61.2 Å². The van der Waals surface area contributed by atoms with Gasteiger partial charge < -0.3 is 39.4 Å². The third kappa shape index (κ3) is 9.89. The van der Waals surface area contributed by atoms with E-state index >= 15 is 0 Å². The minimum absolute atomic E-state index is 0.137. The first-order valence-corrected chi connectivity index (χ1v) is 15.4. The molecule has 0 unspecified atom stereocenters. The average Bonchev–Trinajstić information content (AvgIpc) is 3.03. The van der Waals surface area contributed by atoms with Crippen molar-refractivity contribution in [3.63, 3.8) is 0 Å². The van der Waals surface area contributed by atoms with Crippen LogP contribution in [0.5, 0.6) is 34.5 Å². The summed E-state index contributed by atoms with van der Waals surface area (Å²) in [4.78, 5) is 52.5. The molecule has 0 aliphatic heterocycles. The number of esters is 4. The number of aliphatic hydroxyl groups excluding tert-OH is 2. The van der Waals surface area contributed by atoms with E-state index in [0.717, 1.165) is 12.5 Å². The van der Waals surface area contributed by atoms with Crippen LogP contribution in [0.2, 0.25) is 0 Å². The minimum Gasteiger partial charge on any atom is -0.508 e. The van der Waals surface area contributed by atoms with Crippen molar-refractivity contribution in [2.24, 2.45) is 0 Å². The van der Waals surface area contributed by atoms with Crippen LogP contribution in [-0.2, 0) is 25.6 Å². The lowest BCUT2D eigenvalue weighted by Gasteiger charge is -2.25. The maximum atomic E-state index is 13.6. The monoisotopic (exact) mass is 672 g/mol. The van der Waals surface area contributed by atoms with Crippen molar-refractivity contribution in [2.75, 3.05) is 0 Å². The molecule has 0 fully saturated rings. The number of aromatic hydroxyl groups is 2. The number of ether oxygens (including phenoxy) is 4. The third-order valence-electron chi connectivity index (χ3n) is 6.91. The summed E-state index contributed by atoms with van der Waals surface area (Å²) in [6.45, 7) is 3.81. The van der Waals surface area contributed by atoms with E-state index < -0.39 is 71.9 Å². The molecule has 0 aliphatic rings. The second-order valence-electron chi connectivity index (χ2n) is 11.3. The van der Waals surface area contributed by atoms with Crippen LogP contribution in [0.4, 0.5) is 0 Å². The Labute approximate surface area is 282 Å². The van der Waals surface area contributed by atoms with Crippen LogP contribution < -0.4 is 18.9 Å². The van der Waals surface area contributed by atoms with Gasteiger partial charge in [0.1, 0.15) is 11.5 Å². The summed E-state index contributed by atoms with van der Waals surface area (Å²) in [7, 11) is 0. The zero-order valence-corrected chi connectivity index (χ0v) is 27.0. The predicted octanol–water partition coefficient (Wildman–Crippen LogP) is 5.25. The maximum absolute atomic E-state index is 13.6. The Morgan fingerprint density at radius 1 is 0.571 bits per heavy atom. The van der Waals surface area contributed by atoms with Crippen molar-refractivity contribution < 1.29 is 58.6 Å². The number of phenols is 2. The van der Waals surface area contributed by atoms with Gasteiger partial charge in [0.15, 0.2) is 23.0 Å². The van der Waals surface area contributed by atoms with Gasteiger partial charge in [0.25, 0.3) is 0 Å². The number of hydrogen-bond donors (Lipinski definition) is 4. The number of aryl methyl sites for hydroxylation is 1. The molecule has 0 radical (unpaired) electrons. The fraction of sp³-hybridized carbons (Fsp3) is 0.243. The molecule has 4 aromatic rings. The molecule has 0 heterocycles. The smallest absolute Gasteiger partial charge is 0.313 e. The van der Waals surface area contributed by atoms with Gasteiger partial charge in [0.05, 0.1) is 36.2 Å². The van der Waals surface area contributed by atoms with Crippen molar-refractivity contribution in [2.45, 2.75) is 58.7 Å². The largest absolute Gasteiger partial charge is 0.508 e. The first-order valence-electron chi connectivity index (χ1n) is 15.4. The Balaban J connectivity index is 2.11. The van der Waals surface area contributed by atoms with E-state index in [9.17, 15) is 39.6 Å². The van der Waals surface area contributed by atoms with Gasteiger partial charge in [-0.2, -0.15) is 0 Å². The SMILES string of the molecule is CC(=O)Oc1c(OC(=O)C[C@@H](C)O)c(-c2ccc(O)cc2)c(OC(=O)CCc2ccccc2)c(OC(=O)C[C@@H](C)O)c1-c1ccc(O)cc1. The molecule has 0 spiro atoms. The molecule has 4 N–H and O–H groups in total. The lowest BCUT2D eigenvalue weighted by molar-refractivity contribution is -0.138.